The number of nitrogens with one attached hydrogen (secondary N) is 5. The second-order valence-electron chi connectivity index (χ2n) is 9.86. The molecule has 2 heterocycles. The molecular weight excluding hydrogens is 468 g/mol. The van der Waals surface area contributed by atoms with Gasteiger partial charge in [-0.05, 0) is 37.1 Å². The first-order valence-corrected chi connectivity index (χ1v) is 12.4. The molecule has 0 radical (unpaired) electrons. The number of aromatic nitrogens is 2. The minimum atomic E-state index is -1.17. The summed E-state index contributed by atoms with van der Waals surface area (Å²) in [5, 5.41) is 10.6. The highest BCUT2D eigenvalue weighted by Gasteiger charge is 2.30. The first-order chi connectivity index (χ1) is 17.7. The minimum Gasteiger partial charge on any atom is -0.361 e. The summed E-state index contributed by atoms with van der Waals surface area (Å²) in [4.78, 5) is 45.1. The van der Waals surface area contributed by atoms with Gasteiger partial charge in [0, 0.05) is 53.5 Å². The molecule has 0 unspecified atom stereocenters. The Morgan fingerprint density at radius 3 is 1.92 bits per heavy atom. The Hall–Kier alpha value is -4.11. The smallest absolute Gasteiger partial charge is 0.244 e. The molecule has 0 saturated heterocycles. The number of H-pyrrole nitrogens is 2. The summed E-state index contributed by atoms with van der Waals surface area (Å²) in [5.41, 5.74) is 8.59. The molecule has 9 heteroatoms. The summed E-state index contributed by atoms with van der Waals surface area (Å²) < 4.78 is 0. The Balaban J connectivity index is 1.59. The number of hydrogen-bond acceptors (Lipinski definition) is 4. The average molecular weight is 503 g/mol. The molecule has 0 saturated carbocycles. The van der Waals surface area contributed by atoms with Crippen molar-refractivity contribution in [2.24, 2.45) is 5.73 Å². The van der Waals surface area contributed by atoms with Crippen LogP contribution in [0.5, 0.6) is 0 Å². The molecule has 9 nitrogen and oxygen atoms in total. The zero-order valence-electron chi connectivity index (χ0n) is 21.4. The van der Waals surface area contributed by atoms with Gasteiger partial charge in [0.15, 0.2) is 0 Å². The monoisotopic (exact) mass is 502 g/mol. The van der Waals surface area contributed by atoms with Crippen LogP contribution in [-0.4, -0.2) is 45.4 Å². The second-order valence-corrected chi connectivity index (χ2v) is 9.86. The lowest BCUT2D eigenvalue weighted by Gasteiger charge is -2.26. The van der Waals surface area contributed by atoms with Gasteiger partial charge in [0.05, 0.1) is 5.54 Å². The van der Waals surface area contributed by atoms with Crippen LogP contribution in [0.25, 0.3) is 21.8 Å². The van der Waals surface area contributed by atoms with Crippen LogP contribution in [-0.2, 0) is 27.2 Å². The van der Waals surface area contributed by atoms with Gasteiger partial charge in [-0.3, -0.25) is 14.4 Å². The van der Waals surface area contributed by atoms with Crippen LogP contribution >= 0.6 is 0 Å². The van der Waals surface area contributed by atoms with Crippen LogP contribution in [0.2, 0.25) is 0 Å². The fraction of sp³-hybridized carbons (Fsp3) is 0.321. The van der Waals surface area contributed by atoms with Crippen molar-refractivity contribution in [3.63, 3.8) is 0 Å². The zero-order valence-corrected chi connectivity index (χ0v) is 21.4. The zero-order chi connectivity index (χ0) is 26.6. The molecule has 4 rings (SSSR count). The molecule has 0 spiro atoms. The summed E-state index contributed by atoms with van der Waals surface area (Å²) in [6, 6.07) is 14.7. The average Bonchev–Trinajstić information content (AvgIpc) is 3.47. The topological polar surface area (TPSA) is 145 Å². The van der Waals surface area contributed by atoms with E-state index in [0.29, 0.717) is 6.42 Å². The first-order valence-electron chi connectivity index (χ1n) is 12.4. The largest absolute Gasteiger partial charge is 0.361 e. The molecule has 194 valence electrons. The number of para-hydroxylation sites is 2. The molecule has 4 aromatic rings. The van der Waals surface area contributed by atoms with Crippen LogP contribution in [0, 0.1) is 0 Å². The molecule has 0 aliphatic rings. The highest BCUT2D eigenvalue weighted by molar-refractivity contribution is 5.93. The summed E-state index contributed by atoms with van der Waals surface area (Å²) in [6.45, 7) is 4.93. The van der Waals surface area contributed by atoms with Crippen molar-refractivity contribution in [3.05, 3.63) is 72.1 Å². The number of carbonyl (C=O) groups is 3. The normalized spacial score (nSPS) is 13.3. The van der Waals surface area contributed by atoms with E-state index in [9.17, 15) is 14.4 Å². The van der Waals surface area contributed by atoms with Crippen molar-refractivity contribution < 1.29 is 14.4 Å². The predicted octanol–water partition coefficient (Wildman–Crippen LogP) is 2.62. The van der Waals surface area contributed by atoms with E-state index in [1.807, 2.05) is 60.9 Å². The molecule has 0 aliphatic heterocycles. The van der Waals surface area contributed by atoms with Crippen molar-refractivity contribution in [1.82, 2.24) is 25.9 Å². The van der Waals surface area contributed by atoms with Crippen LogP contribution in [0.3, 0.4) is 0 Å². The predicted molar refractivity (Wildman–Crippen MR) is 145 cm³/mol. The number of fused-ring (bicyclic) bond motifs is 2. The summed E-state index contributed by atoms with van der Waals surface area (Å²) >= 11 is 0. The third-order valence-electron chi connectivity index (χ3n) is 6.38. The highest BCUT2D eigenvalue weighted by atomic mass is 16.2. The van der Waals surface area contributed by atoms with Gasteiger partial charge in [-0.15, -0.1) is 0 Å². The van der Waals surface area contributed by atoms with Crippen molar-refractivity contribution in [2.45, 2.75) is 57.8 Å². The van der Waals surface area contributed by atoms with Crippen LogP contribution in [0.15, 0.2) is 60.9 Å². The van der Waals surface area contributed by atoms with Crippen molar-refractivity contribution in [1.29, 1.82) is 0 Å². The van der Waals surface area contributed by atoms with Gasteiger partial charge < -0.3 is 31.7 Å². The molecular formula is C28H34N6O3. The number of benzene rings is 2. The molecule has 7 N–H and O–H groups in total. The Morgan fingerprint density at radius 1 is 0.838 bits per heavy atom. The molecule has 37 heavy (non-hydrogen) atoms. The van der Waals surface area contributed by atoms with Gasteiger partial charge in [0.1, 0.15) is 12.2 Å². The van der Waals surface area contributed by atoms with Crippen molar-refractivity contribution >= 4 is 39.5 Å². The number of rotatable bonds is 10. The van der Waals surface area contributed by atoms with E-state index in [1.54, 1.807) is 20.8 Å². The first kappa shape index (κ1) is 26.0. The van der Waals surface area contributed by atoms with Gasteiger partial charge in [0.25, 0.3) is 0 Å². The molecule has 2 aromatic carbocycles. The SMILES string of the molecule is CCC(=O)N[C@@H](Cc1c[nH]c2ccccc12)NC(=O)[C@@H](Cc1c[nH]c2ccccc12)NC(=O)C(C)(C)N. The Morgan fingerprint density at radius 2 is 1.38 bits per heavy atom. The van der Waals surface area contributed by atoms with Crippen LogP contribution in [0.4, 0.5) is 0 Å². The second kappa shape index (κ2) is 10.9. The van der Waals surface area contributed by atoms with Gasteiger partial charge in [-0.1, -0.05) is 43.3 Å². The lowest BCUT2D eigenvalue weighted by molar-refractivity contribution is -0.132. The third kappa shape index (κ3) is 6.18. The molecule has 0 fully saturated rings. The lowest BCUT2D eigenvalue weighted by atomic mass is 10.0. The maximum atomic E-state index is 13.6. The molecule has 0 bridgehead atoms. The van der Waals surface area contributed by atoms with E-state index in [0.717, 1.165) is 32.9 Å². The number of aromatic amines is 2. The molecule has 2 aromatic heterocycles. The standard InChI is InChI=1S/C28H34N6O3/c1-4-25(35)33-24(14-18-16-31-22-12-8-6-10-20(18)22)34-26(36)23(32-27(37)28(2,3)29)13-17-15-30-21-11-7-5-9-19(17)21/h5-12,15-16,23-24,30-31H,4,13-14,29H2,1-3H3,(H,32,37)(H,33,35)(H,34,36)/t23-,24-/m1/s1. The minimum absolute atomic E-state index is 0.189. The van der Waals surface area contributed by atoms with Crippen LogP contribution in [0.1, 0.15) is 38.3 Å². The van der Waals surface area contributed by atoms with Crippen LogP contribution < -0.4 is 21.7 Å². The fourth-order valence-corrected chi connectivity index (χ4v) is 4.30. The third-order valence-corrected chi connectivity index (χ3v) is 6.38. The maximum absolute atomic E-state index is 13.6. The van der Waals surface area contributed by atoms with E-state index >= 15 is 0 Å². The quantitative estimate of drug-likeness (QED) is 0.185. The number of carbonyl (C=O) groups excluding carboxylic acids is 3. The highest BCUT2D eigenvalue weighted by Crippen LogP contribution is 2.21. The van der Waals surface area contributed by atoms with Gasteiger partial charge >= 0.3 is 0 Å². The fourth-order valence-electron chi connectivity index (χ4n) is 4.30. The summed E-state index contributed by atoms with van der Waals surface area (Å²) in [7, 11) is 0. The lowest BCUT2D eigenvalue weighted by Crippen LogP contribution is -2.59. The Kier molecular flexibility index (Phi) is 7.63. The van der Waals surface area contributed by atoms with E-state index < -0.39 is 29.6 Å². The Bertz CT molecular complexity index is 1410. The van der Waals surface area contributed by atoms with Gasteiger partial charge in [-0.2, -0.15) is 0 Å². The maximum Gasteiger partial charge on any atom is 0.244 e. The Labute approximate surface area is 215 Å². The van der Waals surface area contributed by atoms with E-state index in [1.165, 1.54) is 0 Å². The number of amides is 3. The molecule has 3 amide bonds. The van der Waals surface area contributed by atoms with Crippen molar-refractivity contribution in [3.8, 4) is 0 Å². The van der Waals surface area contributed by atoms with Gasteiger partial charge in [0.2, 0.25) is 17.7 Å². The number of nitrogens with two attached hydrogens (primary N) is 1. The van der Waals surface area contributed by atoms with E-state index in [4.69, 9.17) is 5.73 Å². The van der Waals surface area contributed by atoms with E-state index in [-0.39, 0.29) is 18.7 Å². The van der Waals surface area contributed by atoms with Gasteiger partial charge in [-0.25, -0.2) is 0 Å². The van der Waals surface area contributed by atoms with Crippen molar-refractivity contribution in [2.75, 3.05) is 0 Å². The number of hydrogen-bond donors (Lipinski definition) is 6. The summed E-state index contributed by atoms with van der Waals surface area (Å²) in [6.07, 6.45) is 3.94. The van der Waals surface area contributed by atoms with E-state index in [2.05, 4.69) is 25.9 Å². The molecule has 0 aliphatic carbocycles. The summed E-state index contributed by atoms with van der Waals surface area (Å²) in [5.74, 6) is -1.05. The molecule has 2 atom stereocenters.